The molecule has 4 heterocycles. The topological polar surface area (TPSA) is 114 Å². The molecule has 0 bridgehead atoms. The van der Waals surface area contributed by atoms with Gasteiger partial charge in [-0.05, 0) is 18.2 Å². The van der Waals surface area contributed by atoms with Gasteiger partial charge in [0.25, 0.3) is 10.0 Å². The maximum Gasteiger partial charge on any atom is 0.264 e. The van der Waals surface area contributed by atoms with E-state index in [1.807, 2.05) is 13.1 Å². The van der Waals surface area contributed by atoms with Crippen LogP contribution in [0.4, 0.5) is 11.6 Å². The first-order chi connectivity index (χ1) is 17.3. The Labute approximate surface area is 222 Å². The van der Waals surface area contributed by atoms with Gasteiger partial charge in [-0.2, -0.15) is 10.1 Å². The van der Waals surface area contributed by atoms with Gasteiger partial charge >= 0.3 is 0 Å². The van der Waals surface area contributed by atoms with Crippen LogP contribution >= 0.6 is 34.5 Å². The summed E-state index contributed by atoms with van der Waals surface area (Å²) in [5.41, 5.74) is 2.39. The zero-order chi connectivity index (χ0) is 25.3. The minimum absolute atomic E-state index is 0.0603. The van der Waals surface area contributed by atoms with Gasteiger partial charge in [0.15, 0.2) is 5.65 Å². The Morgan fingerprint density at radius 1 is 1.19 bits per heavy atom. The predicted octanol–water partition coefficient (Wildman–Crippen LogP) is 3.94. The number of aromatic nitrogens is 4. The number of ether oxygens (including phenoxy) is 1. The predicted molar refractivity (Wildman–Crippen MR) is 143 cm³/mol. The summed E-state index contributed by atoms with van der Waals surface area (Å²) in [7, 11) is -2.10. The third kappa shape index (κ3) is 5.43. The maximum atomic E-state index is 12.8. The van der Waals surface area contributed by atoms with E-state index in [0.717, 1.165) is 56.1 Å². The molecule has 5 rings (SSSR count). The minimum Gasteiger partial charge on any atom is -0.379 e. The SMILES string of the molecule is Cn1nc(-c2cccc(NS(=O)(=O)c3cc(Cl)sc3Cl)c2)c2cnc(NCCN3CCOCC3)nc21. The summed E-state index contributed by atoms with van der Waals surface area (Å²) in [5.74, 6) is 0.526. The van der Waals surface area contributed by atoms with Crippen molar-refractivity contribution >= 4 is 67.2 Å². The van der Waals surface area contributed by atoms with Gasteiger partial charge in [-0.3, -0.25) is 9.62 Å². The Morgan fingerprint density at radius 3 is 2.75 bits per heavy atom. The molecule has 14 heteroatoms. The quantitative estimate of drug-likeness (QED) is 0.329. The second kappa shape index (κ2) is 10.5. The van der Waals surface area contributed by atoms with E-state index in [1.165, 1.54) is 6.07 Å². The molecule has 0 saturated carbocycles. The lowest BCUT2D eigenvalue weighted by Crippen LogP contribution is -2.39. The first kappa shape index (κ1) is 25.2. The molecule has 0 aliphatic carbocycles. The van der Waals surface area contributed by atoms with Gasteiger partial charge in [-0.1, -0.05) is 35.3 Å². The van der Waals surface area contributed by atoms with Crippen molar-refractivity contribution in [3.63, 3.8) is 0 Å². The van der Waals surface area contributed by atoms with Crippen molar-refractivity contribution in [3.05, 3.63) is 45.2 Å². The van der Waals surface area contributed by atoms with E-state index in [1.54, 1.807) is 29.1 Å². The Morgan fingerprint density at radius 2 is 2.00 bits per heavy atom. The lowest BCUT2D eigenvalue weighted by molar-refractivity contribution is 0.0398. The number of benzene rings is 1. The van der Waals surface area contributed by atoms with Gasteiger partial charge in [-0.25, -0.2) is 18.1 Å². The van der Waals surface area contributed by atoms with Gasteiger partial charge in [0, 0.05) is 50.7 Å². The molecule has 1 saturated heterocycles. The summed E-state index contributed by atoms with van der Waals surface area (Å²) in [4.78, 5) is 11.4. The molecule has 0 unspecified atom stereocenters. The van der Waals surface area contributed by atoms with E-state index < -0.39 is 10.0 Å². The maximum absolute atomic E-state index is 12.8. The standard InChI is InChI=1S/C22H23Cl2N7O3S2/c1-30-21-16(13-26-22(27-21)25-5-6-31-7-9-34-10-8-31)19(28-30)14-3-2-4-15(11-14)29-36(32,33)17-12-18(23)35-20(17)24/h2-4,11-13,29H,5-10H2,1H3,(H,25,26,27). The van der Waals surface area contributed by atoms with Crippen LogP contribution in [0.2, 0.25) is 8.67 Å². The minimum atomic E-state index is -3.91. The van der Waals surface area contributed by atoms with E-state index in [9.17, 15) is 8.42 Å². The third-order valence-corrected chi connectivity index (χ3v) is 8.83. The number of nitrogens with zero attached hydrogens (tertiary/aromatic N) is 5. The molecule has 190 valence electrons. The fourth-order valence-electron chi connectivity index (χ4n) is 3.94. The number of nitrogens with one attached hydrogen (secondary N) is 2. The van der Waals surface area contributed by atoms with Gasteiger partial charge < -0.3 is 10.1 Å². The second-order valence-corrected chi connectivity index (χ2v) is 12.1. The number of sulfonamides is 1. The lowest BCUT2D eigenvalue weighted by atomic mass is 10.1. The average Bonchev–Trinajstić information content (AvgIpc) is 3.38. The summed E-state index contributed by atoms with van der Waals surface area (Å²) >= 11 is 13.0. The number of rotatable bonds is 8. The van der Waals surface area contributed by atoms with Crippen molar-refractivity contribution in [2.45, 2.75) is 4.90 Å². The van der Waals surface area contributed by atoms with Crippen LogP contribution in [0.1, 0.15) is 0 Å². The van der Waals surface area contributed by atoms with Gasteiger partial charge in [-0.15, -0.1) is 11.3 Å². The monoisotopic (exact) mass is 567 g/mol. The Bertz CT molecular complexity index is 1500. The summed E-state index contributed by atoms with van der Waals surface area (Å²) in [6.07, 6.45) is 1.73. The van der Waals surface area contributed by atoms with Crippen LogP contribution in [-0.4, -0.2) is 72.5 Å². The van der Waals surface area contributed by atoms with Crippen LogP contribution in [-0.2, 0) is 21.8 Å². The first-order valence-corrected chi connectivity index (χ1v) is 14.2. The number of hydrogen-bond donors (Lipinski definition) is 2. The Kier molecular flexibility index (Phi) is 7.33. The number of anilines is 2. The highest BCUT2D eigenvalue weighted by Gasteiger charge is 2.22. The Hall–Kier alpha value is -2.48. The van der Waals surface area contributed by atoms with Crippen molar-refractivity contribution in [3.8, 4) is 11.3 Å². The normalized spacial score (nSPS) is 14.9. The summed E-state index contributed by atoms with van der Waals surface area (Å²) in [5, 5.41) is 8.65. The van der Waals surface area contributed by atoms with E-state index in [4.69, 9.17) is 27.9 Å². The zero-order valence-corrected chi connectivity index (χ0v) is 22.4. The molecule has 1 fully saturated rings. The smallest absolute Gasteiger partial charge is 0.264 e. The number of thiophene rings is 1. The molecule has 0 radical (unpaired) electrons. The first-order valence-electron chi connectivity index (χ1n) is 11.1. The molecule has 0 amide bonds. The van der Waals surface area contributed by atoms with E-state index in [0.29, 0.717) is 32.9 Å². The molecule has 0 atom stereocenters. The average molecular weight is 569 g/mol. The largest absolute Gasteiger partial charge is 0.379 e. The van der Waals surface area contributed by atoms with Gasteiger partial charge in [0.05, 0.1) is 22.9 Å². The molecular formula is C22H23Cl2N7O3S2. The number of hydrogen-bond acceptors (Lipinski definition) is 9. The Balaban J connectivity index is 1.35. The summed E-state index contributed by atoms with van der Waals surface area (Å²) in [6.45, 7) is 4.98. The van der Waals surface area contributed by atoms with Crippen LogP contribution in [0.15, 0.2) is 41.4 Å². The number of morpholine rings is 1. The number of aryl methyl sites for hydroxylation is 1. The highest BCUT2D eigenvalue weighted by molar-refractivity contribution is 7.93. The molecule has 1 aliphatic rings. The van der Waals surface area contributed by atoms with E-state index in [-0.39, 0.29) is 9.23 Å². The number of fused-ring (bicyclic) bond motifs is 1. The summed E-state index contributed by atoms with van der Waals surface area (Å²) in [6, 6.07) is 8.29. The molecule has 1 aromatic carbocycles. The highest BCUT2D eigenvalue weighted by atomic mass is 35.5. The molecule has 10 nitrogen and oxygen atoms in total. The van der Waals surface area contributed by atoms with Crippen molar-refractivity contribution in [1.82, 2.24) is 24.6 Å². The molecule has 2 N–H and O–H groups in total. The molecule has 4 aromatic rings. The van der Waals surface area contributed by atoms with Crippen molar-refractivity contribution in [1.29, 1.82) is 0 Å². The molecule has 1 aliphatic heterocycles. The van der Waals surface area contributed by atoms with Crippen LogP contribution in [0, 0.1) is 0 Å². The number of halogens is 2. The zero-order valence-electron chi connectivity index (χ0n) is 19.2. The van der Waals surface area contributed by atoms with E-state index >= 15 is 0 Å². The van der Waals surface area contributed by atoms with Crippen molar-refractivity contribution in [2.75, 3.05) is 49.4 Å². The van der Waals surface area contributed by atoms with Crippen LogP contribution < -0.4 is 10.0 Å². The van der Waals surface area contributed by atoms with Crippen molar-refractivity contribution in [2.24, 2.45) is 7.05 Å². The fourth-order valence-corrected chi connectivity index (χ4v) is 7.14. The molecular weight excluding hydrogens is 545 g/mol. The van der Waals surface area contributed by atoms with Crippen molar-refractivity contribution < 1.29 is 13.2 Å². The van der Waals surface area contributed by atoms with Crippen LogP contribution in [0.5, 0.6) is 0 Å². The fraction of sp³-hybridized carbons (Fsp3) is 0.318. The van der Waals surface area contributed by atoms with E-state index in [2.05, 4.69) is 30.0 Å². The van der Waals surface area contributed by atoms with Crippen LogP contribution in [0.25, 0.3) is 22.3 Å². The van der Waals surface area contributed by atoms with Gasteiger partial charge in [0.2, 0.25) is 5.95 Å². The molecule has 0 spiro atoms. The van der Waals surface area contributed by atoms with Gasteiger partial charge in [0.1, 0.15) is 14.9 Å². The highest BCUT2D eigenvalue weighted by Crippen LogP contribution is 2.35. The summed E-state index contributed by atoms with van der Waals surface area (Å²) < 4.78 is 35.7. The molecule has 36 heavy (non-hydrogen) atoms. The second-order valence-electron chi connectivity index (χ2n) is 8.16. The lowest BCUT2D eigenvalue weighted by Gasteiger charge is -2.26. The molecule has 3 aromatic heterocycles. The van der Waals surface area contributed by atoms with Crippen LogP contribution in [0.3, 0.4) is 0 Å². The third-order valence-electron chi connectivity index (χ3n) is 5.70.